The van der Waals surface area contributed by atoms with Crippen LogP contribution in [0.1, 0.15) is 42.3 Å². The third-order valence-electron chi connectivity index (χ3n) is 3.35. The van der Waals surface area contributed by atoms with Crippen LogP contribution in [-0.2, 0) is 11.3 Å². The van der Waals surface area contributed by atoms with Crippen LogP contribution >= 0.6 is 11.6 Å². The van der Waals surface area contributed by atoms with Gasteiger partial charge >= 0.3 is 0 Å². The number of hydrogen-bond acceptors (Lipinski definition) is 1. The predicted molar refractivity (Wildman–Crippen MR) is 89.1 cm³/mol. The Hall–Kier alpha value is -1.80. The van der Waals surface area contributed by atoms with Gasteiger partial charge in [0.05, 0.1) is 0 Å². The first kappa shape index (κ1) is 15.6. The average molecular weight is 302 g/mol. The van der Waals surface area contributed by atoms with E-state index in [2.05, 4.69) is 26.1 Å². The Morgan fingerprint density at radius 2 is 1.67 bits per heavy atom. The predicted octanol–water partition coefficient (Wildman–Crippen LogP) is 4.98. The molecule has 2 nitrogen and oxygen atoms in total. The van der Waals surface area contributed by atoms with Gasteiger partial charge in [-0.2, -0.15) is 0 Å². The lowest BCUT2D eigenvalue weighted by atomic mass is 9.86. The van der Waals surface area contributed by atoms with Gasteiger partial charge in [0.25, 0.3) is 5.91 Å². The van der Waals surface area contributed by atoms with Gasteiger partial charge in [0, 0.05) is 17.1 Å². The van der Waals surface area contributed by atoms with Crippen LogP contribution in [0, 0.1) is 0 Å². The van der Waals surface area contributed by atoms with Crippen molar-refractivity contribution in [3.8, 4) is 0 Å². The summed E-state index contributed by atoms with van der Waals surface area (Å²) in [6.45, 7) is 6.40. The number of benzene rings is 2. The smallest absolute Gasteiger partial charge is 0.255 e. The Labute approximate surface area is 131 Å². The summed E-state index contributed by atoms with van der Waals surface area (Å²) in [5.41, 5.74) is 3.59. The molecule has 0 heterocycles. The zero-order valence-electron chi connectivity index (χ0n) is 12.6. The van der Waals surface area contributed by atoms with Gasteiger partial charge in [0.1, 0.15) is 0 Å². The zero-order valence-corrected chi connectivity index (χ0v) is 13.4. The summed E-state index contributed by atoms with van der Waals surface area (Å²) in [6.07, 6.45) is 0. The molecular formula is C18H20ClNO. The number of para-hydroxylation sites is 1. The first-order valence-electron chi connectivity index (χ1n) is 6.97. The molecule has 1 amide bonds. The number of amides is 1. The van der Waals surface area contributed by atoms with Crippen LogP contribution in [0.15, 0.2) is 48.5 Å². The Bertz CT molecular complexity index is 626. The van der Waals surface area contributed by atoms with Gasteiger partial charge in [-0.05, 0) is 34.7 Å². The molecule has 0 unspecified atom stereocenters. The van der Waals surface area contributed by atoms with Crippen molar-refractivity contribution in [2.75, 3.05) is 5.32 Å². The minimum absolute atomic E-state index is 0.0215. The van der Waals surface area contributed by atoms with E-state index in [4.69, 9.17) is 11.6 Å². The van der Waals surface area contributed by atoms with E-state index in [1.807, 2.05) is 36.4 Å². The summed E-state index contributed by atoms with van der Waals surface area (Å²) in [7, 11) is 0. The van der Waals surface area contributed by atoms with Crippen molar-refractivity contribution in [2.24, 2.45) is 0 Å². The molecule has 0 fully saturated rings. The molecular weight excluding hydrogens is 282 g/mol. The number of hydrogen-bond donors (Lipinski definition) is 1. The van der Waals surface area contributed by atoms with E-state index in [9.17, 15) is 4.79 Å². The largest absolute Gasteiger partial charge is 0.322 e. The van der Waals surface area contributed by atoms with E-state index in [0.29, 0.717) is 11.4 Å². The second-order valence-electron chi connectivity index (χ2n) is 6.08. The Balaban J connectivity index is 2.23. The monoisotopic (exact) mass is 301 g/mol. The molecule has 0 aliphatic rings. The van der Waals surface area contributed by atoms with Crippen molar-refractivity contribution in [2.45, 2.75) is 32.1 Å². The Kier molecular flexibility index (Phi) is 4.69. The fourth-order valence-electron chi connectivity index (χ4n) is 2.19. The fourth-order valence-corrected chi connectivity index (χ4v) is 2.36. The van der Waals surface area contributed by atoms with Crippen molar-refractivity contribution >= 4 is 23.2 Å². The highest BCUT2D eigenvalue weighted by Crippen LogP contribution is 2.29. The lowest BCUT2D eigenvalue weighted by Crippen LogP contribution is -2.18. The van der Waals surface area contributed by atoms with Crippen LogP contribution in [0.5, 0.6) is 0 Å². The second-order valence-corrected chi connectivity index (χ2v) is 6.35. The fraction of sp³-hybridized carbons (Fsp3) is 0.278. The average Bonchev–Trinajstić information content (AvgIpc) is 2.47. The summed E-state index contributed by atoms with van der Waals surface area (Å²) in [6, 6.07) is 15.2. The molecule has 0 saturated heterocycles. The van der Waals surface area contributed by atoms with Gasteiger partial charge in [-0.25, -0.2) is 0 Å². The van der Waals surface area contributed by atoms with Gasteiger partial charge in [-0.15, -0.1) is 11.6 Å². The Morgan fingerprint density at radius 3 is 2.24 bits per heavy atom. The Morgan fingerprint density at radius 1 is 1.05 bits per heavy atom. The number of anilines is 1. The normalized spacial score (nSPS) is 11.2. The van der Waals surface area contributed by atoms with Gasteiger partial charge < -0.3 is 5.32 Å². The highest BCUT2D eigenvalue weighted by Gasteiger charge is 2.18. The van der Waals surface area contributed by atoms with Gasteiger partial charge in [-0.1, -0.05) is 51.1 Å². The van der Waals surface area contributed by atoms with E-state index in [0.717, 1.165) is 16.8 Å². The maximum Gasteiger partial charge on any atom is 0.255 e. The molecule has 0 atom stereocenters. The van der Waals surface area contributed by atoms with Crippen LogP contribution < -0.4 is 5.32 Å². The van der Waals surface area contributed by atoms with Gasteiger partial charge in [0.2, 0.25) is 0 Å². The van der Waals surface area contributed by atoms with Crippen LogP contribution in [0.2, 0.25) is 0 Å². The van der Waals surface area contributed by atoms with E-state index in [1.54, 1.807) is 12.1 Å². The highest BCUT2D eigenvalue weighted by atomic mass is 35.5. The quantitative estimate of drug-likeness (QED) is 0.796. The van der Waals surface area contributed by atoms with Crippen molar-refractivity contribution in [1.82, 2.24) is 0 Å². The molecule has 0 aliphatic heterocycles. The molecule has 1 N–H and O–H groups in total. The third-order valence-corrected chi connectivity index (χ3v) is 3.66. The van der Waals surface area contributed by atoms with Crippen LogP contribution in [0.25, 0.3) is 0 Å². The number of halogens is 1. The maximum absolute atomic E-state index is 12.3. The summed E-state index contributed by atoms with van der Waals surface area (Å²) in [5.74, 6) is 0.349. The number of carbonyl (C=O) groups excluding carboxylic acids is 1. The minimum atomic E-state index is -0.104. The molecule has 3 heteroatoms. The molecule has 0 aliphatic carbocycles. The molecule has 2 aromatic carbocycles. The first-order valence-corrected chi connectivity index (χ1v) is 7.51. The van der Waals surface area contributed by atoms with Crippen molar-refractivity contribution in [3.63, 3.8) is 0 Å². The van der Waals surface area contributed by atoms with E-state index in [1.165, 1.54) is 0 Å². The van der Waals surface area contributed by atoms with Crippen molar-refractivity contribution < 1.29 is 4.79 Å². The zero-order chi connectivity index (χ0) is 15.5. The number of rotatable bonds is 3. The number of nitrogens with one attached hydrogen (secondary N) is 1. The highest BCUT2D eigenvalue weighted by molar-refractivity contribution is 6.17. The molecule has 2 rings (SSSR count). The van der Waals surface area contributed by atoms with Crippen LogP contribution in [0.3, 0.4) is 0 Å². The molecule has 21 heavy (non-hydrogen) atoms. The SMILES string of the molecule is CC(C)(C)c1ccccc1NC(=O)c1ccc(CCl)cc1. The third kappa shape index (κ3) is 3.85. The van der Waals surface area contributed by atoms with Crippen LogP contribution in [0.4, 0.5) is 5.69 Å². The summed E-state index contributed by atoms with van der Waals surface area (Å²) in [4.78, 5) is 12.3. The van der Waals surface area contributed by atoms with Gasteiger partial charge in [-0.3, -0.25) is 4.79 Å². The number of carbonyl (C=O) groups is 1. The lowest BCUT2D eigenvalue weighted by molar-refractivity contribution is 0.102. The number of alkyl halides is 1. The summed E-state index contributed by atoms with van der Waals surface area (Å²) < 4.78 is 0. The molecule has 0 spiro atoms. The maximum atomic E-state index is 12.3. The minimum Gasteiger partial charge on any atom is -0.322 e. The van der Waals surface area contributed by atoms with Crippen LogP contribution in [-0.4, -0.2) is 5.91 Å². The molecule has 0 saturated carbocycles. The molecule has 110 valence electrons. The molecule has 0 bridgehead atoms. The molecule has 2 aromatic rings. The van der Waals surface area contributed by atoms with E-state index in [-0.39, 0.29) is 11.3 Å². The molecule has 0 aromatic heterocycles. The standard InChI is InChI=1S/C18H20ClNO/c1-18(2,3)15-6-4-5-7-16(15)20-17(21)14-10-8-13(12-19)9-11-14/h4-11H,12H2,1-3H3,(H,20,21). The van der Waals surface area contributed by atoms with E-state index >= 15 is 0 Å². The topological polar surface area (TPSA) is 29.1 Å². The summed E-state index contributed by atoms with van der Waals surface area (Å²) in [5, 5.41) is 3.00. The van der Waals surface area contributed by atoms with E-state index < -0.39 is 0 Å². The van der Waals surface area contributed by atoms with Crippen molar-refractivity contribution in [3.05, 3.63) is 65.2 Å². The van der Waals surface area contributed by atoms with Crippen molar-refractivity contribution in [1.29, 1.82) is 0 Å². The molecule has 0 radical (unpaired) electrons. The summed E-state index contributed by atoms with van der Waals surface area (Å²) >= 11 is 5.76. The lowest BCUT2D eigenvalue weighted by Gasteiger charge is -2.23. The first-order chi connectivity index (χ1) is 9.91. The van der Waals surface area contributed by atoms with Gasteiger partial charge in [0.15, 0.2) is 0 Å². The second kappa shape index (κ2) is 6.31.